The topological polar surface area (TPSA) is 47.2 Å². The van der Waals surface area contributed by atoms with Crippen molar-refractivity contribution in [3.63, 3.8) is 0 Å². The Hall–Kier alpha value is -2.18. The number of halogens is 3. The number of aromatic nitrogens is 2. The normalized spacial score (nSPS) is 11.5. The minimum absolute atomic E-state index is 0.272. The molecule has 0 aliphatic rings. The lowest BCUT2D eigenvalue weighted by molar-refractivity contribution is 0.832. The average molecular weight is 435 g/mol. The van der Waals surface area contributed by atoms with E-state index in [-0.39, 0.29) is 5.56 Å². The van der Waals surface area contributed by atoms with Gasteiger partial charge < -0.3 is 0 Å². The van der Waals surface area contributed by atoms with Gasteiger partial charge in [-0.25, -0.2) is 4.98 Å². The molecule has 0 saturated heterocycles. The zero-order valence-corrected chi connectivity index (χ0v) is 16.6. The molecule has 0 aliphatic heterocycles. The molecule has 0 amide bonds. The van der Waals surface area contributed by atoms with Crippen LogP contribution in [0, 0.1) is 0 Å². The van der Waals surface area contributed by atoms with Gasteiger partial charge in [0, 0.05) is 16.1 Å². The molecule has 4 aromatic rings. The molecule has 0 spiro atoms. The maximum atomic E-state index is 13.0. The molecule has 8 heteroatoms. The second-order valence-electron chi connectivity index (χ2n) is 5.58. The van der Waals surface area contributed by atoms with Crippen LogP contribution >= 0.6 is 46.1 Å². The molecule has 2 aromatic carbocycles. The molecule has 2 aromatic heterocycles. The lowest BCUT2D eigenvalue weighted by Gasteiger charge is -2.09. The van der Waals surface area contributed by atoms with Crippen molar-refractivity contribution in [3.8, 4) is 11.4 Å². The van der Waals surface area contributed by atoms with Crippen molar-refractivity contribution in [2.75, 3.05) is 0 Å². The van der Waals surface area contributed by atoms with Crippen LogP contribution in [0.1, 0.15) is 5.56 Å². The average Bonchev–Trinajstić information content (AvgIpc) is 3.11. The van der Waals surface area contributed by atoms with Gasteiger partial charge in [-0.1, -0.05) is 53.0 Å². The SMILES string of the molecule is O=c1c2sccc2nc(-c2ccccc2Cl)n1/N=C/c1ccc(Cl)cc1Cl. The number of thiophene rings is 1. The lowest BCUT2D eigenvalue weighted by atomic mass is 10.2. The van der Waals surface area contributed by atoms with E-state index in [1.165, 1.54) is 22.2 Å². The van der Waals surface area contributed by atoms with Gasteiger partial charge in [-0.2, -0.15) is 9.78 Å². The van der Waals surface area contributed by atoms with Gasteiger partial charge in [0.05, 0.1) is 21.8 Å². The van der Waals surface area contributed by atoms with Gasteiger partial charge >= 0.3 is 0 Å². The van der Waals surface area contributed by atoms with Gasteiger partial charge in [0.2, 0.25) is 0 Å². The molecule has 0 radical (unpaired) electrons. The summed E-state index contributed by atoms with van der Waals surface area (Å²) < 4.78 is 1.76. The summed E-state index contributed by atoms with van der Waals surface area (Å²) >= 11 is 19.8. The first-order valence-corrected chi connectivity index (χ1v) is 9.80. The first-order chi connectivity index (χ1) is 13.0. The highest BCUT2D eigenvalue weighted by molar-refractivity contribution is 7.17. The lowest BCUT2D eigenvalue weighted by Crippen LogP contribution is -2.19. The predicted octanol–water partition coefficient (Wildman–Crippen LogP) is 5.97. The third-order valence-electron chi connectivity index (χ3n) is 3.85. The summed E-state index contributed by atoms with van der Waals surface area (Å²) in [7, 11) is 0. The number of hydrogen-bond donors (Lipinski definition) is 0. The third-order valence-corrected chi connectivity index (χ3v) is 5.63. The Morgan fingerprint density at radius 2 is 1.85 bits per heavy atom. The highest BCUT2D eigenvalue weighted by Gasteiger charge is 2.15. The second-order valence-corrected chi connectivity index (χ2v) is 7.74. The van der Waals surface area contributed by atoms with Crippen molar-refractivity contribution in [2.45, 2.75) is 0 Å². The molecule has 2 heterocycles. The highest BCUT2D eigenvalue weighted by Crippen LogP contribution is 2.27. The summed E-state index contributed by atoms with van der Waals surface area (Å²) in [6, 6.07) is 14.0. The Labute approximate surface area is 173 Å². The highest BCUT2D eigenvalue weighted by atomic mass is 35.5. The summed E-state index contributed by atoms with van der Waals surface area (Å²) in [4.78, 5) is 17.6. The van der Waals surface area contributed by atoms with Crippen molar-refractivity contribution in [1.82, 2.24) is 9.66 Å². The van der Waals surface area contributed by atoms with Crippen molar-refractivity contribution < 1.29 is 0 Å². The van der Waals surface area contributed by atoms with Crippen LogP contribution in [0.4, 0.5) is 0 Å². The Balaban J connectivity index is 1.94. The van der Waals surface area contributed by atoms with E-state index in [2.05, 4.69) is 10.1 Å². The molecule has 4 nitrogen and oxygen atoms in total. The standard InChI is InChI=1S/C19H10Cl3N3OS/c20-12-6-5-11(15(22)9-12)10-23-25-18(13-3-1-2-4-14(13)21)24-16-7-8-27-17(16)19(25)26/h1-10H/b23-10+. The Morgan fingerprint density at radius 1 is 1.04 bits per heavy atom. The molecule has 0 saturated carbocycles. The fourth-order valence-electron chi connectivity index (χ4n) is 2.55. The van der Waals surface area contributed by atoms with Crippen LogP contribution in [0.25, 0.3) is 21.6 Å². The van der Waals surface area contributed by atoms with Gasteiger partial charge in [0.25, 0.3) is 5.56 Å². The molecule has 0 atom stereocenters. The maximum absolute atomic E-state index is 13.0. The molecule has 27 heavy (non-hydrogen) atoms. The molecular formula is C19H10Cl3N3OS. The minimum atomic E-state index is -0.272. The van der Waals surface area contributed by atoms with Crippen LogP contribution in [0.2, 0.25) is 15.1 Å². The summed E-state index contributed by atoms with van der Waals surface area (Å²) in [5, 5.41) is 7.60. The van der Waals surface area contributed by atoms with Crippen molar-refractivity contribution in [2.24, 2.45) is 5.10 Å². The number of rotatable bonds is 3. The van der Waals surface area contributed by atoms with Gasteiger partial charge in [-0.3, -0.25) is 4.79 Å². The molecule has 0 N–H and O–H groups in total. The van der Waals surface area contributed by atoms with Crippen LogP contribution in [0.5, 0.6) is 0 Å². The summed E-state index contributed by atoms with van der Waals surface area (Å²) in [5.41, 5.74) is 1.58. The van der Waals surface area contributed by atoms with Crippen LogP contribution in [0.3, 0.4) is 0 Å². The molecular weight excluding hydrogens is 425 g/mol. The van der Waals surface area contributed by atoms with E-state index in [1.54, 1.807) is 36.4 Å². The Kier molecular flexibility index (Phi) is 5.02. The number of hydrogen-bond acceptors (Lipinski definition) is 4. The molecule has 4 rings (SSSR count). The van der Waals surface area contributed by atoms with E-state index in [4.69, 9.17) is 34.8 Å². The monoisotopic (exact) mass is 433 g/mol. The fourth-order valence-corrected chi connectivity index (χ4v) is 3.99. The Morgan fingerprint density at radius 3 is 2.63 bits per heavy atom. The molecule has 0 aliphatic carbocycles. The molecule has 0 fully saturated rings. The number of benzene rings is 2. The molecule has 0 unspecified atom stereocenters. The van der Waals surface area contributed by atoms with Gasteiger partial charge in [-0.05, 0) is 35.7 Å². The van der Waals surface area contributed by atoms with Crippen LogP contribution in [-0.2, 0) is 0 Å². The van der Waals surface area contributed by atoms with E-state index in [9.17, 15) is 4.79 Å². The minimum Gasteiger partial charge on any atom is -0.266 e. The van der Waals surface area contributed by atoms with E-state index in [0.717, 1.165) is 0 Å². The first kappa shape index (κ1) is 18.2. The van der Waals surface area contributed by atoms with E-state index < -0.39 is 0 Å². The van der Waals surface area contributed by atoms with E-state index >= 15 is 0 Å². The molecule has 134 valence electrons. The van der Waals surface area contributed by atoms with Crippen molar-refractivity contribution >= 4 is 62.6 Å². The van der Waals surface area contributed by atoms with Gasteiger partial charge in [-0.15, -0.1) is 11.3 Å². The zero-order chi connectivity index (χ0) is 19.0. The van der Waals surface area contributed by atoms with Crippen molar-refractivity contribution in [1.29, 1.82) is 0 Å². The fraction of sp³-hybridized carbons (Fsp3) is 0. The summed E-state index contributed by atoms with van der Waals surface area (Å²) in [5.74, 6) is 0.359. The number of fused-ring (bicyclic) bond motifs is 1. The Bertz CT molecular complexity index is 1250. The van der Waals surface area contributed by atoms with Gasteiger partial charge in [0.15, 0.2) is 5.82 Å². The maximum Gasteiger partial charge on any atom is 0.292 e. The smallest absolute Gasteiger partial charge is 0.266 e. The first-order valence-electron chi connectivity index (χ1n) is 7.79. The van der Waals surface area contributed by atoms with Gasteiger partial charge in [0.1, 0.15) is 4.70 Å². The van der Waals surface area contributed by atoms with Crippen molar-refractivity contribution in [3.05, 3.63) is 84.9 Å². The largest absolute Gasteiger partial charge is 0.292 e. The predicted molar refractivity (Wildman–Crippen MR) is 114 cm³/mol. The summed E-state index contributed by atoms with van der Waals surface area (Å²) in [6.07, 6.45) is 1.50. The van der Waals surface area contributed by atoms with Crippen LogP contribution in [-0.4, -0.2) is 15.9 Å². The summed E-state index contributed by atoms with van der Waals surface area (Å²) in [6.45, 7) is 0. The van der Waals surface area contributed by atoms with Crippen LogP contribution in [0.15, 0.2) is 63.8 Å². The quantitative estimate of drug-likeness (QED) is 0.373. The van der Waals surface area contributed by atoms with Crippen LogP contribution < -0.4 is 5.56 Å². The zero-order valence-electron chi connectivity index (χ0n) is 13.6. The van der Waals surface area contributed by atoms with E-state index in [0.29, 0.717) is 42.2 Å². The second kappa shape index (κ2) is 7.44. The number of nitrogens with zero attached hydrogens (tertiary/aromatic N) is 3. The van der Waals surface area contributed by atoms with E-state index in [1.807, 2.05) is 17.5 Å². The third kappa shape index (κ3) is 3.51. The molecule has 0 bridgehead atoms.